The van der Waals surface area contributed by atoms with Crippen LogP contribution in [0.4, 0.5) is 4.39 Å². The van der Waals surface area contributed by atoms with E-state index in [1.54, 1.807) is 24.3 Å². The standard InChI is InChI=1S/C12H6ClFO/c13-7-1-3-11-9(5-7)10-6-8(14)2-4-12(10)15-11/h1-6H. The smallest absolute Gasteiger partial charge is 0.135 e. The van der Waals surface area contributed by atoms with Gasteiger partial charge in [0.2, 0.25) is 0 Å². The van der Waals surface area contributed by atoms with Gasteiger partial charge < -0.3 is 4.42 Å². The molecule has 0 aliphatic rings. The first-order chi connectivity index (χ1) is 7.24. The average Bonchev–Trinajstić information content (AvgIpc) is 2.56. The van der Waals surface area contributed by atoms with Crippen molar-refractivity contribution in [3.63, 3.8) is 0 Å². The molecule has 1 aromatic heterocycles. The highest BCUT2D eigenvalue weighted by Crippen LogP contribution is 2.30. The predicted molar refractivity (Wildman–Crippen MR) is 58.7 cm³/mol. The summed E-state index contributed by atoms with van der Waals surface area (Å²) in [5.74, 6) is -0.273. The van der Waals surface area contributed by atoms with Crippen molar-refractivity contribution < 1.29 is 8.81 Å². The highest BCUT2D eigenvalue weighted by molar-refractivity contribution is 6.31. The molecule has 0 aliphatic carbocycles. The molecular weight excluding hydrogens is 215 g/mol. The summed E-state index contributed by atoms with van der Waals surface area (Å²) in [6.07, 6.45) is 0. The molecule has 74 valence electrons. The van der Waals surface area contributed by atoms with Gasteiger partial charge in [-0.25, -0.2) is 4.39 Å². The van der Waals surface area contributed by atoms with Crippen molar-refractivity contribution in [3.05, 3.63) is 47.2 Å². The number of rotatable bonds is 0. The summed E-state index contributed by atoms with van der Waals surface area (Å²) in [6.45, 7) is 0. The molecule has 0 aliphatic heterocycles. The second-order valence-corrected chi connectivity index (χ2v) is 3.82. The summed E-state index contributed by atoms with van der Waals surface area (Å²) >= 11 is 5.88. The summed E-state index contributed by atoms with van der Waals surface area (Å²) in [5.41, 5.74) is 1.40. The lowest BCUT2D eigenvalue weighted by molar-refractivity contribution is 0.626. The van der Waals surface area contributed by atoms with Gasteiger partial charge in [-0.05, 0) is 36.4 Å². The Morgan fingerprint density at radius 3 is 2.40 bits per heavy atom. The highest BCUT2D eigenvalue weighted by Gasteiger charge is 2.07. The van der Waals surface area contributed by atoms with Crippen LogP contribution in [-0.2, 0) is 0 Å². The van der Waals surface area contributed by atoms with E-state index in [1.807, 2.05) is 0 Å². The Labute approximate surface area is 90.1 Å². The fourth-order valence-corrected chi connectivity index (χ4v) is 1.89. The first-order valence-electron chi connectivity index (χ1n) is 4.51. The average molecular weight is 221 g/mol. The maximum Gasteiger partial charge on any atom is 0.135 e. The second kappa shape index (κ2) is 2.97. The third kappa shape index (κ3) is 1.29. The molecule has 0 amide bonds. The van der Waals surface area contributed by atoms with Crippen LogP contribution >= 0.6 is 11.6 Å². The summed E-state index contributed by atoms with van der Waals surface area (Å²) in [5, 5.41) is 2.22. The van der Waals surface area contributed by atoms with Crippen LogP contribution in [0.3, 0.4) is 0 Å². The van der Waals surface area contributed by atoms with Crippen molar-refractivity contribution in [1.82, 2.24) is 0 Å². The molecular formula is C12H6ClFO. The van der Waals surface area contributed by atoms with Gasteiger partial charge in [0.15, 0.2) is 0 Å². The number of hydrogen-bond donors (Lipinski definition) is 0. The molecule has 3 rings (SSSR count). The Kier molecular flexibility index (Phi) is 1.73. The normalized spacial score (nSPS) is 11.3. The van der Waals surface area contributed by atoms with Gasteiger partial charge in [-0.15, -0.1) is 0 Å². The van der Waals surface area contributed by atoms with E-state index in [0.29, 0.717) is 10.6 Å². The Hall–Kier alpha value is -1.54. The third-order valence-corrected chi connectivity index (χ3v) is 2.63. The number of furan rings is 1. The molecule has 0 atom stereocenters. The molecule has 0 N–H and O–H groups in total. The summed E-state index contributed by atoms with van der Waals surface area (Å²) in [4.78, 5) is 0. The molecule has 1 nitrogen and oxygen atoms in total. The van der Waals surface area contributed by atoms with Crippen molar-refractivity contribution in [1.29, 1.82) is 0 Å². The second-order valence-electron chi connectivity index (χ2n) is 3.38. The van der Waals surface area contributed by atoms with Crippen LogP contribution < -0.4 is 0 Å². The van der Waals surface area contributed by atoms with Gasteiger partial charge >= 0.3 is 0 Å². The third-order valence-electron chi connectivity index (χ3n) is 2.39. The molecule has 0 saturated heterocycles. The quantitative estimate of drug-likeness (QED) is 0.548. The summed E-state index contributed by atoms with van der Waals surface area (Å²) in [7, 11) is 0. The summed E-state index contributed by atoms with van der Waals surface area (Å²) < 4.78 is 18.6. The van der Waals surface area contributed by atoms with E-state index in [4.69, 9.17) is 16.0 Å². The van der Waals surface area contributed by atoms with Gasteiger partial charge in [-0.3, -0.25) is 0 Å². The fraction of sp³-hybridized carbons (Fsp3) is 0. The van der Waals surface area contributed by atoms with Crippen molar-refractivity contribution in [2.75, 3.05) is 0 Å². The molecule has 1 heterocycles. The van der Waals surface area contributed by atoms with Crippen LogP contribution in [-0.4, -0.2) is 0 Å². The minimum absolute atomic E-state index is 0.273. The van der Waals surface area contributed by atoms with Gasteiger partial charge in [0, 0.05) is 15.8 Å². The predicted octanol–water partition coefficient (Wildman–Crippen LogP) is 4.38. The number of benzene rings is 2. The van der Waals surface area contributed by atoms with Crippen molar-refractivity contribution >= 4 is 33.5 Å². The van der Waals surface area contributed by atoms with Gasteiger partial charge in [0.25, 0.3) is 0 Å². The topological polar surface area (TPSA) is 13.1 Å². The Morgan fingerprint density at radius 1 is 0.933 bits per heavy atom. The van der Waals surface area contributed by atoms with Crippen molar-refractivity contribution in [2.24, 2.45) is 0 Å². The van der Waals surface area contributed by atoms with Crippen LogP contribution in [0.5, 0.6) is 0 Å². The van der Waals surface area contributed by atoms with Crippen LogP contribution in [0.15, 0.2) is 40.8 Å². The van der Waals surface area contributed by atoms with Crippen LogP contribution in [0.1, 0.15) is 0 Å². The first-order valence-corrected chi connectivity index (χ1v) is 4.89. The first kappa shape index (κ1) is 8.74. The van der Waals surface area contributed by atoms with Gasteiger partial charge in [-0.1, -0.05) is 11.6 Å². The zero-order chi connectivity index (χ0) is 10.4. The lowest BCUT2D eigenvalue weighted by Gasteiger charge is -1.90. The molecule has 0 bridgehead atoms. The zero-order valence-electron chi connectivity index (χ0n) is 7.63. The Morgan fingerprint density at radius 2 is 1.60 bits per heavy atom. The van der Waals surface area contributed by atoms with Crippen molar-refractivity contribution in [2.45, 2.75) is 0 Å². The zero-order valence-corrected chi connectivity index (χ0v) is 8.38. The molecule has 0 radical (unpaired) electrons. The largest absolute Gasteiger partial charge is 0.456 e. The lowest BCUT2D eigenvalue weighted by Crippen LogP contribution is -1.71. The van der Waals surface area contributed by atoms with Crippen LogP contribution in [0.2, 0.25) is 5.02 Å². The van der Waals surface area contributed by atoms with E-state index >= 15 is 0 Å². The number of fused-ring (bicyclic) bond motifs is 3. The van der Waals surface area contributed by atoms with Crippen molar-refractivity contribution in [3.8, 4) is 0 Å². The van der Waals surface area contributed by atoms with E-state index in [-0.39, 0.29) is 5.82 Å². The SMILES string of the molecule is Fc1ccc2oc3ccc(Cl)cc3c2c1. The van der Waals surface area contributed by atoms with E-state index in [1.165, 1.54) is 12.1 Å². The Balaban J connectivity index is 2.55. The maximum absolute atomic E-state index is 13.1. The molecule has 0 fully saturated rings. The number of hydrogen-bond acceptors (Lipinski definition) is 1. The number of halogens is 2. The van der Waals surface area contributed by atoms with E-state index in [0.717, 1.165) is 16.4 Å². The van der Waals surface area contributed by atoms with Gasteiger partial charge in [0.05, 0.1) is 0 Å². The highest BCUT2D eigenvalue weighted by atomic mass is 35.5. The Bertz CT molecular complexity index is 601. The molecule has 3 aromatic rings. The van der Waals surface area contributed by atoms with Crippen LogP contribution in [0.25, 0.3) is 21.9 Å². The monoisotopic (exact) mass is 220 g/mol. The van der Waals surface area contributed by atoms with E-state index in [9.17, 15) is 4.39 Å². The minimum atomic E-state index is -0.273. The maximum atomic E-state index is 13.1. The minimum Gasteiger partial charge on any atom is -0.456 e. The summed E-state index contributed by atoms with van der Waals surface area (Å²) in [6, 6.07) is 9.78. The van der Waals surface area contributed by atoms with E-state index in [2.05, 4.69) is 0 Å². The van der Waals surface area contributed by atoms with Gasteiger partial charge in [-0.2, -0.15) is 0 Å². The molecule has 0 saturated carbocycles. The van der Waals surface area contributed by atoms with Crippen LogP contribution in [0, 0.1) is 5.82 Å². The molecule has 0 spiro atoms. The molecule has 3 heteroatoms. The molecule has 0 unspecified atom stereocenters. The van der Waals surface area contributed by atoms with Gasteiger partial charge in [0.1, 0.15) is 17.0 Å². The lowest BCUT2D eigenvalue weighted by atomic mass is 10.1. The molecule has 15 heavy (non-hydrogen) atoms. The molecule has 2 aromatic carbocycles. The fourth-order valence-electron chi connectivity index (χ4n) is 1.72. The van der Waals surface area contributed by atoms with E-state index < -0.39 is 0 Å².